The Morgan fingerprint density at radius 3 is 3.09 bits per heavy atom. The minimum absolute atomic E-state index is 0.259. The number of nitrogens with one attached hydrogen (secondary N) is 1. The summed E-state index contributed by atoms with van der Waals surface area (Å²) in [6.45, 7) is 3.72. The predicted octanol–water partition coefficient (Wildman–Crippen LogP) is -0.116. The van der Waals surface area contributed by atoms with Gasteiger partial charge < -0.3 is 14.5 Å². The zero-order valence-electron chi connectivity index (χ0n) is 13.2. The molecule has 1 aliphatic rings. The van der Waals surface area contributed by atoms with Gasteiger partial charge in [-0.2, -0.15) is 0 Å². The number of H-pyrrole nitrogens is 1. The number of benzene rings is 1. The van der Waals surface area contributed by atoms with Crippen molar-refractivity contribution >= 4 is 35.4 Å². The molecule has 3 heterocycles. The maximum atomic E-state index is 12.3. The van der Waals surface area contributed by atoms with Crippen LogP contribution in [0.15, 0.2) is 27.4 Å². The number of β-amino-alcohol motifs (C(OH)–C–C–N with tert-alkyl or cyclic N) is 1. The molecule has 1 fully saturated rings. The first kappa shape index (κ1) is 14.5. The van der Waals surface area contributed by atoms with Crippen LogP contribution in [0.1, 0.15) is 19.2 Å². The molecule has 4 rings (SSSR count). The zero-order chi connectivity index (χ0) is 16.2. The second kappa shape index (κ2) is 4.94. The fraction of sp³-hybridized carbons (Fsp3) is 0.375. The molecule has 118 valence electrons. The molecule has 0 bridgehead atoms. The van der Waals surface area contributed by atoms with E-state index in [9.17, 15) is 9.90 Å². The second-order valence-corrected chi connectivity index (χ2v) is 6.75. The number of hydrogen-bond acceptors (Lipinski definition) is 5. The van der Waals surface area contributed by atoms with Crippen LogP contribution in [0.3, 0.4) is 0 Å². The smallest absolute Gasteiger partial charge is 0.294 e. The fourth-order valence-corrected chi connectivity index (χ4v) is 3.27. The van der Waals surface area contributed by atoms with E-state index in [2.05, 4.69) is 14.9 Å². The normalized spacial score (nSPS) is 22.3. The fourth-order valence-electron chi connectivity index (χ4n) is 3.27. The van der Waals surface area contributed by atoms with Gasteiger partial charge in [0.25, 0.3) is 5.56 Å². The average Bonchev–Trinajstić information content (AvgIpc) is 3.00. The summed E-state index contributed by atoms with van der Waals surface area (Å²) in [6, 6.07) is 5.80. The van der Waals surface area contributed by atoms with Gasteiger partial charge >= 0.3 is 0 Å². The van der Waals surface area contributed by atoms with Gasteiger partial charge in [0.1, 0.15) is 24.8 Å². The summed E-state index contributed by atoms with van der Waals surface area (Å²) >= 11 is 0. The summed E-state index contributed by atoms with van der Waals surface area (Å²) < 4.78 is 5.64. The van der Waals surface area contributed by atoms with E-state index in [0.717, 1.165) is 23.8 Å². The molecule has 23 heavy (non-hydrogen) atoms. The van der Waals surface area contributed by atoms with E-state index in [0.29, 0.717) is 30.0 Å². The first-order chi connectivity index (χ1) is 10.9. The lowest BCUT2D eigenvalue weighted by Gasteiger charge is -2.18. The highest BCUT2D eigenvalue weighted by atomic mass is 16.3. The summed E-state index contributed by atoms with van der Waals surface area (Å²) in [7, 11) is 2.00. The van der Waals surface area contributed by atoms with Crippen LogP contribution in [0.25, 0.3) is 22.1 Å². The van der Waals surface area contributed by atoms with Gasteiger partial charge in [0, 0.05) is 18.5 Å². The number of nitrogens with zero attached hydrogens (tertiary/aromatic N) is 2. The maximum absolute atomic E-state index is 12.3. The molecule has 3 aromatic rings. The molecule has 1 saturated heterocycles. The molecular formula is C16H18BN3O3. The average molecular weight is 311 g/mol. The largest absolute Gasteiger partial charge is 0.449 e. The van der Waals surface area contributed by atoms with Crippen molar-refractivity contribution in [2.75, 3.05) is 13.1 Å². The molecule has 0 radical (unpaired) electrons. The Morgan fingerprint density at radius 2 is 2.35 bits per heavy atom. The lowest BCUT2D eigenvalue weighted by atomic mass is 9.95. The highest BCUT2D eigenvalue weighted by molar-refractivity contribution is 6.33. The Morgan fingerprint density at radius 1 is 1.52 bits per heavy atom. The lowest BCUT2D eigenvalue weighted by Crippen LogP contribution is -2.30. The molecule has 0 aliphatic carbocycles. The van der Waals surface area contributed by atoms with Crippen molar-refractivity contribution in [2.45, 2.75) is 25.5 Å². The molecule has 1 unspecified atom stereocenters. The van der Waals surface area contributed by atoms with E-state index in [1.165, 1.54) is 0 Å². The first-order valence-corrected chi connectivity index (χ1v) is 7.78. The molecule has 7 heteroatoms. The summed E-state index contributed by atoms with van der Waals surface area (Å²) in [5, 5.41) is 10.9. The number of furan rings is 1. The molecule has 2 N–H and O–H groups in total. The van der Waals surface area contributed by atoms with Gasteiger partial charge in [-0.1, -0.05) is 17.6 Å². The Balaban J connectivity index is 1.78. The Bertz CT molecular complexity index is 960. The summed E-state index contributed by atoms with van der Waals surface area (Å²) in [4.78, 5) is 21.8. The number of hydrogen-bond donors (Lipinski definition) is 2. The Kier molecular flexibility index (Phi) is 3.11. The van der Waals surface area contributed by atoms with Gasteiger partial charge in [0.2, 0.25) is 5.58 Å². The molecule has 6 nitrogen and oxygen atoms in total. The molecule has 0 amide bonds. The van der Waals surface area contributed by atoms with Gasteiger partial charge in [0.15, 0.2) is 0 Å². The van der Waals surface area contributed by atoms with Crippen LogP contribution in [0.4, 0.5) is 0 Å². The van der Waals surface area contributed by atoms with Crippen LogP contribution in [-0.2, 0) is 6.54 Å². The van der Waals surface area contributed by atoms with Crippen LogP contribution >= 0.6 is 0 Å². The second-order valence-electron chi connectivity index (χ2n) is 6.75. The SMILES string of the molecule is Bc1ccc2oc3c(=O)[nH]c(CN4CCC(C)(O)C4)nc3c2c1. The Labute approximate surface area is 133 Å². The van der Waals surface area contributed by atoms with E-state index in [4.69, 9.17) is 4.42 Å². The molecule has 2 aromatic heterocycles. The maximum Gasteiger partial charge on any atom is 0.294 e. The van der Waals surface area contributed by atoms with Crippen molar-refractivity contribution in [1.82, 2.24) is 14.9 Å². The quantitative estimate of drug-likeness (QED) is 0.645. The first-order valence-electron chi connectivity index (χ1n) is 7.78. The van der Waals surface area contributed by atoms with Crippen molar-refractivity contribution in [1.29, 1.82) is 0 Å². The van der Waals surface area contributed by atoms with E-state index < -0.39 is 5.60 Å². The summed E-state index contributed by atoms with van der Waals surface area (Å²) in [5.41, 5.74) is 1.72. The van der Waals surface area contributed by atoms with Crippen molar-refractivity contribution < 1.29 is 9.52 Å². The lowest BCUT2D eigenvalue weighted by molar-refractivity contribution is 0.0676. The third-order valence-corrected chi connectivity index (χ3v) is 4.43. The highest BCUT2D eigenvalue weighted by Crippen LogP contribution is 2.25. The highest BCUT2D eigenvalue weighted by Gasteiger charge is 2.31. The van der Waals surface area contributed by atoms with Crippen LogP contribution in [0, 0.1) is 0 Å². The standard InChI is InChI=1S/C16H18BN3O3/c1-16(22)4-5-20(8-16)7-12-18-13-10-6-9(17)2-3-11(10)23-14(13)15(21)19-12/h2-3,6,22H,4-5,7-8,17H2,1H3,(H,18,19,21). The zero-order valence-corrected chi connectivity index (χ0v) is 13.2. The van der Waals surface area contributed by atoms with E-state index in [1.54, 1.807) is 0 Å². The van der Waals surface area contributed by atoms with Crippen molar-refractivity contribution in [3.63, 3.8) is 0 Å². The minimum Gasteiger partial charge on any atom is -0.449 e. The number of rotatable bonds is 2. The Hall–Kier alpha value is -2.12. The third-order valence-electron chi connectivity index (χ3n) is 4.43. The number of aromatic amines is 1. The topological polar surface area (TPSA) is 82.4 Å². The molecule has 1 aliphatic heterocycles. The van der Waals surface area contributed by atoms with E-state index in [1.807, 2.05) is 33.0 Å². The number of aromatic nitrogens is 2. The number of aliphatic hydroxyl groups is 1. The molecular weight excluding hydrogens is 293 g/mol. The van der Waals surface area contributed by atoms with Crippen LogP contribution in [0.2, 0.25) is 0 Å². The van der Waals surface area contributed by atoms with Crippen LogP contribution in [0.5, 0.6) is 0 Å². The van der Waals surface area contributed by atoms with Crippen molar-refractivity contribution in [3.8, 4) is 0 Å². The van der Waals surface area contributed by atoms with Crippen LogP contribution in [-0.4, -0.2) is 46.5 Å². The monoisotopic (exact) mass is 311 g/mol. The van der Waals surface area contributed by atoms with Gasteiger partial charge in [-0.05, 0) is 19.4 Å². The molecule has 1 aromatic carbocycles. The molecule has 1 atom stereocenters. The van der Waals surface area contributed by atoms with Gasteiger partial charge in [-0.15, -0.1) is 0 Å². The van der Waals surface area contributed by atoms with E-state index >= 15 is 0 Å². The minimum atomic E-state index is -0.663. The summed E-state index contributed by atoms with van der Waals surface area (Å²) in [5.74, 6) is 0.601. The summed E-state index contributed by atoms with van der Waals surface area (Å²) in [6.07, 6.45) is 0.729. The van der Waals surface area contributed by atoms with Crippen molar-refractivity contribution in [2.24, 2.45) is 0 Å². The molecule has 0 spiro atoms. The van der Waals surface area contributed by atoms with Gasteiger partial charge in [-0.3, -0.25) is 9.69 Å². The van der Waals surface area contributed by atoms with Crippen molar-refractivity contribution in [3.05, 3.63) is 34.4 Å². The van der Waals surface area contributed by atoms with E-state index in [-0.39, 0.29) is 11.1 Å². The molecule has 0 saturated carbocycles. The number of fused-ring (bicyclic) bond motifs is 3. The third kappa shape index (κ3) is 2.56. The van der Waals surface area contributed by atoms with Crippen LogP contribution < -0.4 is 11.0 Å². The van der Waals surface area contributed by atoms with Gasteiger partial charge in [-0.25, -0.2) is 4.98 Å². The predicted molar refractivity (Wildman–Crippen MR) is 90.8 cm³/mol. The number of likely N-dealkylation sites (tertiary alicyclic amines) is 1. The van der Waals surface area contributed by atoms with Gasteiger partial charge in [0.05, 0.1) is 12.1 Å².